The second-order valence-corrected chi connectivity index (χ2v) is 7.86. The Labute approximate surface area is 146 Å². The number of thiocarbonyl (C=S) groups is 1. The molecule has 0 spiro atoms. The molecule has 6 heteroatoms. The zero-order chi connectivity index (χ0) is 16.4. The van der Waals surface area contributed by atoms with Crippen molar-refractivity contribution in [3.05, 3.63) is 29.8 Å². The standard InChI is InChI=1S/C17H20N2O2S2/c1-12-5-7-13(8-6-12)19-15(20)11-14(16(19)21)23-17(22)18-9-3-2-4-10-18/h5-8,14H,2-4,9-11H2,1H3. The zero-order valence-electron chi connectivity index (χ0n) is 13.2. The molecule has 1 atom stereocenters. The number of amides is 2. The van der Waals surface area contributed by atoms with Crippen molar-refractivity contribution in [2.75, 3.05) is 18.0 Å². The molecule has 2 aliphatic heterocycles. The van der Waals surface area contributed by atoms with Crippen LogP contribution in [0.25, 0.3) is 0 Å². The highest BCUT2D eigenvalue weighted by Gasteiger charge is 2.41. The molecule has 1 aromatic carbocycles. The summed E-state index contributed by atoms with van der Waals surface area (Å²) >= 11 is 6.85. The second kappa shape index (κ2) is 7.01. The summed E-state index contributed by atoms with van der Waals surface area (Å²) in [6.07, 6.45) is 3.76. The van der Waals surface area contributed by atoms with Crippen molar-refractivity contribution < 1.29 is 9.59 Å². The number of thioether (sulfide) groups is 1. The van der Waals surface area contributed by atoms with E-state index in [-0.39, 0.29) is 18.2 Å². The van der Waals surface area contributed by atoms with Crippen LogP contribution >= 0.6 is 24.0 Å². The van der Waals surface area contributed by atoms with Crippen LogP contribution in [0.3, 0.4) is 0 Å². The minimum absolute atomic E-state index is 0.141. The number of carbonyl (C=O) groups is 2. The smallest absolute Gasteiger partial charge is 0.247 e. The molecule has 2 amide bonds. The molecule has 1 unspecified atom stereocenters. The Kier molecular flexibility index (Phi) is 5.02. The van der Waals surface area contributed by atoms with Crippen LogP contribution in [0.15, 0.2) is 24.3 Å². The molecular weight excluding hydrogens is 328 g/mol. The van der Waals surface area contributed by atoms with Crippen molar-refractivity contribution in [1.29, 1.82) is 0 Å². The number of imide groups is 1. The Balaban J connectivity index is 1.68. The number of hydrogen-bond acceptors (Lipinski definition) is 4. The Morgan fingerprint density at radius 3 is 2.43 bits per heavy atom. The van der Waals surface area contributed by atoms with Crippen molar-refractivity contribution >= 4 is 45.8 Å². The molecule has 3 rings (SSSR count). The van der Waals surface area contributed by atoms with E-state index in [0.717, 1.165) is 35.8 Å². The first-order valence-corrected chi connectivity index (χ1v) is 9.24. The number of hydrogen-bond donors (Lipinski definition) is 0. The van der Waals surface area contributed by atoms with Crippen LogP contribution in [0.2, 0.25) is 0 Å². The lowest BCUT2D eigenvalue weighted by atomic mass is 10.1. The highest BCUT2D eigenvalue weighted by atomic mass is 32.2. The summed E-state index contributed by atoms with van der Waals surface area (Å²) in [6.45, 7) is 3.90. The van der Waals surface area contributed by atoms with Gasteiger partial charge in [0.1, 0.15) is 9.57 Å². The molecule has 0 aliphatic carbocycles. The molecular formula is C17H20N2O2S2. The van der Waals surface area contributed by atoms with E-state index in [1.807, 2.05) is 31.2 Å². The van der Waals surface area contributed by atoms with E-state index in [1.54, 1.807) is 0 Å². The molecule has 2 aliphatic rings. The first kappa shape index (κ1) is 16.5. The van der Waals surface area contributed by atoms with Crippen molar-refractivity contribution in [2.45, 2.75) is 37.9 Å². The minimum atomic E-state index is -0.391. The summed E-state index contributed by atoms with van der Waals surface area (Å²) in [5.41, 5.74) is 1.75. The fourth-order valence-electron chi connectivity index (χ4n) is 2.93. The fourth-order valence-corrected chi connectivity index (χ4v) is 4.47. The predicted octanol–water partition coefficient (Wildman–Crippen LogP) is 3.13. The molecule has 2 fully saturated rings. The van der Waals surface area contributed by atoms with Crippen LogP contribution in [-0.4, -0.2) is 39.4 Å². The quantitative estimate of drug-likeness (QED) is 0.607. The van der Waals surface area contributed by atoms with Crippen molar-refractivity contribution in [3.63, 3.8) is 0 Å². The van der Waals surface area contributed by atoms with Gasteiger partial charge < -0.3 is 4.90 Å². The summed E-state index contributed by atoms with van der Waals surface area (Å²) in [6, 6.07) is 7.46. The zero-order valence-corrected chi connectivity index (χ0v) is 14.8. The number of likely N-dealkylation sites (tertiary alicyclic amines) is 1. The summed E-state index contributed by atoms with van der Waals surface area (Å²) in [7, 11) is 0. The van der Waals surface area contributed by atoms with Gasteiger partial charge in [-0.15, -0.1) is 0 Å². The second-order valence-electron chi connectivity index (χ2n) is 6.03. The van der Waals surface area contributed by atoms with Gasteiger partial charge in [-0.3, -0.25) is 9.59 Å². The van der Waals surface area contributed by atoms with E-state index in [0.29, 0.717) is 5.69 Å². The van der Waals surface area contributed by atoms with Crippen LogP contribution in [0.4, 0.5) is 5.69 Å². The maximum absolute atomic E-state index is 12.6. The van der Waals surface area contributed by atoms with Gasteiger partial charge in [-0.25, -0.2) is 4.90 Å². The summed E-state index contributed by atoms with van der Waals surface area (Å²) in [4.78, 5) is 28.4. The number of anilines is 1. The number of piperidine rings is 1. The molecule has 0 saturated carbocycles. The lowest BCUT2D eigenvalue weighted by Gasteiger charge is -2.29. The van der Waals surface area contributed by atoms with E-state index in [4.69, 9.17) is 12.2 Å². The molecule has 2 heterocycles. The molecule has 2 saturated heterocycles. The lowest BCUT2D eigenvalue weighted by molar-refractivity contribution is -0.121. The van der Waals surface area contributed by atoms with Gasteiger partial charge in [0.15, 0.2) is 0 Å². The maximum atomic E-state index is 12.6. The Hall–Kier alpha value is -1.40. The van der Waals surface area contributed by atoms with E-state index < -0.39 is 5.25 Å². The monoisotopic (exact) mass is 348 g/mol. The molecule has 23 heavy (non-hydrogen) atoms. The van der Waals surface area contributed by atoms with E-state index in [2.05, 4.69) is 4.90 Å². The molecule has 0 aromatic heterocycles. The van der Waals surface area contributed by atoms with E-state index in [1.165, 1.54) is 23.1 Å². The van der Waals surface area contributed by atoms with Crippen molar-refractivity contribution in [3.8, 4) is 0 Å². The first-order chi connectivity index (χ1) is 11.1. The fraction of sp³-hybridized carbons (Fsp3) is 0.471. The number of carbonyl (C=O) groups excluding carboxylic acids is 2. The Bertz CT molecular complexity index is 624. The first-order valence-electron chi connectivity index (χ1n) is 7.95. The maximum Gasteiger partial charge on any atom is 0.247 e. The van der Waals surface area contributed by atoms with Gasteiger partial charge in [0.2, 0.25) is 11.8 Å². The molecule has 0 N–H and O–H groups in total. The van der Waals surface area contributed by atoms with Crippen LogP contribution in [0.1, 0.15) is 31.2 Å². The third-order valence-electron chi connectivity index (χ3n) is 4.25. The summed E-state index contributed by atoms with van der Waals surface area (Å²) in [5, 5.41) is -0.391. The molecule has 1 aromatic rings. The Morgan fingerprint density at radius 1 is 1.13 bits per heavy atom. The summed E-state index contributed by atoms with van der Waals surface area (Å²) in [5.74, 6) is -0.291. The van der Waals surface area contributed by atoms with Gasteiger partial charge in [0.25, 0.3) is 0 Å². The minimum Gasteiger partial charge on any atom is -0.358 e. The van der Waals surface area contributed by atoms with Gasteiger partial charge in [-0.05, 0) is 38.3 Å². The SMILES string of the molecule is Cc1ccc(N2C(=O)CC(SC(=S)N3CCCCC3)C2=O)cc1. The number of aryl methyl sites for hydroxylation is 1. The van der Waals surface area contributed by atoms with Crippen molar-refractivity contribution in [1.82, 2.24) is 4.90 Å². The van der Waals surface area contributed by atoms with Crippen LogP contribution in [-0.2, 0) is 9.59 Å². The summed E-state index contributed by atoms with van der Waals surface area (Å²) < 4.78 is 0.751. The van der Waals surface area contributed by atoms with Gasteiger partial charge in [0.05, 0.1) is 5.69 Å². The van der Waals surface area contributed by atoms with E-state index >= 15 is 0 Å². The van der Waals surface area contributed by atoms with Gasteiger partial charge in [0, 0.05) is 19.5 Å². The van der Waals surface area contributed by atoms with Gasteiger partial charge in [-0.2, -0.15) is 0 Å². The molecule has 4 nitrogen and oxygen atoms in total. The predicted molar refractivity (Wildman–Crippen MR) is 97.7 cm³/mol. The van der Waals surface area contributed by atoms with Crippen molar-refractivity contribution in [2.24, 2.45) is 0 Å². The van der Waals surface area contributed by atoms with Crippen LogP contribution in [0.5, 0.6) is 0 Å². The van der Waals surface area contributed by atoms with Gasteiger partial charge >= 0.3 is 0 Å². The van der Waals surface area contributed by atoms with Crippen LogP contribution < -0.4 is 4.90 Å². The topological polar surface area (TPSA) is 40.6 Å². The highest BCUT2D eigenvalue weighted by Crippen LogP contribution is 2.31. The third-order valence-corrected chi connectivity index (χ3v) is 5.91. The Morgan fingerprint density at radius 2 is 1.78 bits per heavy atom. The van der Waals surface area contributed by atoms with Crippen LogP contribution in [0, 0.1) is 6.92 Å². The number of benzene rings is 1. The highest BCUT2D eigenvalue weighted by molar-refractivity contribution is 8.23. The average molecular weight is 348 g/mol. The number of rotatable bonds is 2. The lowest BCUT2D eigenvalue weighted by Crippen LogP contribution is -2.35. The normalized spacial score (nSPS) is 21.9. The average Bonchev–Trinajstić information content (AvgIpc) is 2.83. The molecule has 0 radical (unpaired) electrons. The molecule has 122 valence electrons. The molecule has 0 bridgehead atoms. The van der Waals surface area contributed by atoms with Gasteiger partial charge in [-0.1, -0.05) is 41.7 Å². The largest absolute Gasteiger partial charge is 0.358 e. The number of nitrogens with zero attached hydrogens (tertiary/aromatic N) is 2. The van der Waals surface area contributed by atoms with E-state index in [9.17, 15) is 9.59 Å². The third kappa shape index (κ3) is 3.58.